The molecule has 3 nitrogen and oxygen atoms in total. The van der Waals surface area contributed by atoms with Crippen molar-refractivity contribution in [2.24, 2.45) is 0 Å². The topological polar surface area (TPSA) is 63.3 Å². The van der Waals surface area contributed by atoms with Gasteiger partial charge in [0.05, 0.1) is 0 Å². The van der Waals surface area contributed by atoms with Gasteiger partial charge in [0.25, 0.3) is 0 Å². The summed E-state index contributed by atoms with van der Waals surface area (Å²) in [7, 11) is 0. The van der Waals surface area contributed by atoms with Crippen LogP contribution in [0.1, 0.15) is 5.56 Å². The second kappa shape index (κ2) is 7.68. The van der Waals surface area contributed by atoms with Crippen molar-refractivity contribution in [1.82, 2.24) is 0 Å². The van der Waals surface area contributed by atoms with Crippen LogP contribution in [0.4, 0.5) is 5.69 Å². The number of anilines is 1. The van der Waals surface area contributed by atoms with Crippen LogP contribution in [0.5, 0.6) is 0 Å². The van der Waals surface area contributed by atoms with Crippen LogP contribution in [-0.2, 0) is 4.79 Å². The third kappa shape index (κ3) is 6.12. The van der Waals surface area contributed by atoms with Crippen molar-refractivity contribution in [1.29, 1.82) is 0 Å². The highest BCUT2D eigenvalue weighted by Gasteiger charge is 1.85. The van der Waals surface area contributed by atoms with E-state index in [2.05, 4.69) is 0 Å². The molecule has 0 saturated carbocycles. The number of para-hydroxylation sites is 1. The van der Waals surface area contributed by atoms with E-state index in [0.717, 1.165) is 17.3 Å². The fraction of sp³-hybridized carbons (Fsp3) is 0. The van der Waals surface area contributed by atoms with Crippen molar-refractivity contribution in [2.75, 3.05) is 5.73 Å². The van der Waals surface area contributed by atoms with E-state index in [1.54, 1.807) is 6.08 Å². The second-order valence-electron chi connectivity index (χ2n) is 3.49. The first kappa shape index (κ1) is 13.5. The lowest BCUT2D eigenvalue weighted by molar-refractivity contribution is -0.131. The highest BCUT2D eigenvalue weighted by Crippen LogP contribution is 2.00. The first-order valence-electron chi connectivity index (χ1n) is 5.45. The molecule has 0 unspecified atom stereocenters. The number of nitrogen functional groups attached to an aromatic ring is 1. The van der Waals surface area contributed by atoms with Gasteiger partial charge >= 0.3 is 5.97 Å². The number of hydrogen-bond donors (Lipinski definition) is 2. The molecule has 0 aromatic heterocycles. The van der Waals surface area contributed by atoms with E-state index >= 15 is 0 Å². The summed E-state index contributed by atoms with van der Waals surface area (Å²) in [4.78, 5) is 10.1. The van der Waals surface area contributed by atoms with Gasteiger partial charge in [-0.25, -0.2) is 4.79 Å². The molecule has 2 aromatic carbocycles. The van der Waals surface area contributed by atoms with Crippen LogP contribution in [0.25, 0.3) is 6.08 Å². The molecule has 0 amide bonds. The molecule has 0 aliphatic heterocycles. The van der Waals surface area contributed by atoms with Crippen molar-refractivity contribution < 1.29 is 9.90 Å². The Balaban J connectivity index is 0.000000199. The third-order valence-corrected chi connectivity index (χ3v) is 2.02. The summed E-state index contributed by atoms with van der Waals surface area (Å²) in [5.41, 5.74) is 7.08. The standard InChI is InChI=1S/C9H8O2.C6H7N/c10-9(11)7-6-8-4-2-1-3-5-8;7-6-4-2-1-3-5-6/h1-7H,(H,10,11);1-5H,7H2. The van der Waals surface area contributed by atoms with Gasteiger partial charge in [0.1, 0.15) is 0 Å². The van der Waals surface area contributed by atoms with Crippen LogP contribution >= 0.6 is 0 Å². The number of carbonyl (C=O) groups is 1. The molecule has 3 N–H and O–H groups in total. The van der Waals surface area contributed by atoms with E-state index in [1.807, 2.05) is 60.7 Å². The summed E-state index contributed by atoms with van der Waals surface area (Å²) < 4.78 is 0. The van der Waals surface area contributed by atoms with E-state index < -0.39 is 5.97 Å². The average Bonchev–Trinajstić information content (AvgIpc) is 2.39. The summed E-state index contributed by atoms with van der Waals surface area (Å²) in [6, 6.07) is 18.8. The van der Waals surface area contributed by atoms with Gasteiger partial charge in [0.15, 0.2) is 0 Å². The molecule has 0 fully saturated rings. The lowest BCUT2D eigenvalue weighted by Gasteiger charge is -1.87. The van der Waals surface area contributed by atoms with E-state index in [-0.39, 0.29) is 0 Å². The molecular formula is C15H15NO2. The van der Waals surface area contributed by atoms with Crippen molar-refractivity contribution >= 4 is 17.7 Å². The van der Waals surface area contributed by atoms with E-state index in [0.29, 0.717) is 0 Å². The molecule has 0 bridgehead atoms. The monoisotopic (exact) mass is 241 g/mol. The fourth-order valence-electron chi connectivity index (χ4n) is 1.18. The van der Waals surface area contributed by atoms with E-state index in [9.17, 15) is 4.79 Å². The molecular weight excluding hydrogens is 226 g/mol. The van der Waals surface area contributed by atoms with Crippen molar-refractivity contribution in [3.8, 4) is 0 Å². The number of hydrogen-bond acceptors (Lipinski definition) is 2. The molecule has 2 rings (SSSR count). The zero-order valence-corrected chi connectivity index (χ0v) is 9.86. The Morgan fingerprint density at radius 2 is 1.44 bits per heavy atom. The SMILES string of the molecule is Nc1ccccc1.O=C(O)C=Cc1ccccc1. The highest BCUT2D eigenvalue weighted by molar-refractivity contribution is 5.85. The van der Waals surface area contributed by atoms with Crippen LogP contribution < -0.4 is 5.73 Å². The number of carboxylic acids is 1. The summed E-state index contributed by atoms with van der Waals surface area (Å²) in [6.07, 6.45) is 2.68. The number of benzene rings is 2. The largest absolute Gasteiger partial charge is 0.478 e. The third-order valence-electron chi connectivity index (χ3n) is 2.02. The lowest BCUT2D eigenvalue weighted by atomic mass is 10.2. The molecule has 18 heavy (non-hydrogen) atoms. The minimum Gasteiger partial charge on any atom is -0.478 e. The van der Waals surface area contributed by atoms with Gasteiger partial charge in [-0.3, -0.25) is 0 Å². The van der Waals surface area contributed by atoms with Gasteiger partial charge in [-0.15, -0.1) is 0 Å². The first-order valence-corrected chi connectivity index (χ1v) is 5.45. The molecule has 3 heteroatoms. The lowest BCUT2D eigenvalue weighted by Crippen LogP contribution is -1.85. The molecule has 0 atom stereocenters. The summed E-state index contributed by atoms with van der Waals surface area (Å²) in [5.74, 6) is -0.922. The Bertz CT molecular complexity index is 492. The molecule has 0 radical (unpaired) electrons. The van der Waals surface area contributed by atoms with Gasteiger partial charge in [0.2, 0.25) is 0 Å². The normalized spacial score (nSPS) is 9.56. The Morgan fingerprint density at radius 3 is 1.83 bits per heavy atom. The van der Waals surface area contributed by atoms with Crippen LogP contribution in [0.2, 0.25) is 0 Å². The van der Waals surface area contributed by atoms with Gasteiger partial charge in [-0.05, 0) is 23.8 Å². The fourth-order valence-corrected chi connectivity index (χ4v) is 1.18. The molecule has 0 heterocycles. The van der Waals surface area contributed by atoms with Crippen molar-refractivity contribution in [3.05, 3.63) is 72.3 Å². The zero-order valence-electron chi connectivity index (χ0n) is 9.86. The maximum Gasteiger partial charge on any atom is 0.328 e. The predicted octanol–water partition coefficient (Wildman–Crippen LogP) is 3.05. The van der Waals surface area contributed by atoms with Gasteiger partial charge in [-0.2, -0.15) is 0 Å². The number of rotatable bonds is 2. The smallest absolute Gasteiger partial charge is 0.328 e. The van der Waals surface area contributed by atoms with Crippen molar-refractivity contribution in [2.45, 2.75) is 0 Å². The summed E-state index contributed by atoms with van der Waals surface area (Å²) in [5, 5.41) is 8.29. The quantitative estimate of drug-likeness (QED) is 0.627. The van der Waals surface area contributed by atoms with Crippen LogP contribution in [0.3, 0.4) is 0 Å². The molecule has 2 aromatic rings. The van der Waals surface area contributed by atoms with Gasteiger partial charge in [0, 0.05) is 11.8 Å². The van der Waals surface area contributed by atoms with Crippen LogP contribution in [-0.4, -0.2) is 11.1 Å². The minimum absolute atomic E-state index is 0.822. The minimum atomic E-state index is -0.922. The Hall–Kier alpha value is -2.55. The summed E-state index contributed by atoms with van der Waals surface area (Å²) >= 11 is 0. The summed E-state index contributed by atoms with van der Waals surface area (Å²) in [6.45, 7) is 0. The molecule has 0 aliphatic rings. The maximum absolute atomic E-state index is 10.1. The van der Waals surface area contributed by atoms with Gasteiger partial charge < -0.3 is 10.8 Å². The Labute approximate surface area is 106 Å². The molecule has 0 saturated heterocycles. The average molecular weight is 241 g/mol. The zero-order chi connectivity index (χ0) is 13.2. The van der Waals surface area contributed by atoms with Crippen LogP contribution in [0, 0.1) is 0 Å². The second-order valence-corrected chi connectivity index (χ2v) is 3.49. The Morgan fingerprint density at radius 1 is 0.944 bits per heavy atom. The molecule has 0 spiro atoms. The maximum atomic E-state index is 10.1. The first-order chi connectivity index (χ1) is 8.68. The van der Waals surface area contributed by atoms with E-state index in [4.69, 9.17) is 10.8 Å². The molecule has 92 valence electrons. The number of nitrogens with two attached hydrogens (primary N) is 1. The molecule has 0 aliphatic carbocycles. The Kier molecular flexibility index (Phi) is 5.77. The van der Waals surface area contributed by atoms with Crippen molar-refractivity contribution in [3.63, 3.8) is 0 Å². The van der Waals surface area contributed by atoms with Crippen LogP contribution in [0.15, 0.2) is 66.7 Å². The van der Waals surface area contributed by atoms with Gasteiger partial charge in [-0.1, -0.05) is 48.5 Å². The van der Waals surface area contributed by atoms with E-state index in [1.165, 1.54) is 0 Å². The number of aliphatic carboxylic acids is 1. The number of carboxylic acid groups (broad SMARTS) is 1. The highest BCUT2D eigenvalue weighted by atomic mass is 16.4. The predicted molar refractivity (Wildman–Crippen MR) is 74.0 cm³/mol.